The van der Waals surface area contributed by atoms with Crippen molar-refractivity contribution in [3.63, 3.8) is 0 Å². The molecule has 1 spiro atoms. The number of hydrogen-bond acceptors (Lipinski definition) is 5. The zero-order valence-corrected chi connectivity index (χ0v) is 20.0. The number of fused-ring (bicyclic) bond motifs is 1. The van der Waals surface area contributed by atoms with Crippen molar-refractivity contribution < 1.29 is 23.9 Å². The molecule has 0 bridgehead atoms. The third-order valence-corrected chi connectivity index (χ3v) is 7.31. The molecule has 33 heavy (non-hydrogen) atoms. The second-order valence-electron chi connectivity index (χ2n) is 8.89. The highest BCUT2D eigenvalue weighted by atomic mass is 35.5. The summed E-state index contributed by atoms with van der Waals surface area (Å²) in [4.78, 5) is 40.1. The topological polar surface area (TPSA) is 72.9 Å². The summed E-state index contributed by atoms with van der Waals surface area (Å²) in [6.45, 7) is 4.74. The number of ketones is 2. The van der Waals surface area contributed by atoms with Gasteiger partial charge in [0.1, 0.15) is 17.1 Å². The van der Waals surface area contributed by atoms with Gasteiger partial charge in [0.2, 0.25) is 5.91 Å². The van der Waals surface area contributed by atoms with Crippen LogP contribution >= 0.6 is 11.6 Å². The molecular formula is C26H28ClNO5. The number of benzene rings is 2. The SMILES string of the molecule is COc1ccccc1C(=O)CCC(=O)N1CCC2(CC1)CC(=O)c1c(cc(C)c(Cl)c1C)O2. The van der Waals surface area contributed by atoms with Gasteiger partial charge >= 0.3 is 0 Å². The minimum absolute atomic E-state index is 0.0397. The molecule has 2 heterocycles. The number of likely N-dealkylation sites (tertiary alicyclic amines) is 1. The zero-order valence-electron chi connectivity index (χ0n) is 19.2. The van der Waals surface area contributed by atoms with E-state index in [-0.39, 0.29) is 36.7 Å². The van der Waals surface area contributed by atoms with Gasteiger partial charge < -0.3 is 14.4 Å². The van der Waals surface area contributed by atoms with Gasteiger partial charge in [0.15, 0.2) is 11.6 Å². The van der Waals surface area contributed by atoms with Gasteiger partial charge in [-0.15, -0.1) is 0 Å². The molecule has 0 aliphatic carbocycles. The van der Waals surface area contributed by atoms with Gasteiger partial charge in [0.05, 0.1) is 24.7 Å². The Morgan fingerprint density at radius 1 is 1.15 bits per heavy atom. The lowest BCUT2D eigenvalue weighted by Crippen LogP contribution is -2.52. The Morgan fingerprint density at radius 3 is 2.55 bits per heavy atom. The average molecular weight is 470 g/mol. The maximum atomic E-state index is 13.0. The van der Waals surface area contributed by atoms with E-state index in [2.05, 4.69) is 0 Å². The fourth-order valence-electron chi connectivity index (χ4n) is 4.83. The van der Waals surface area contributed by atoms with Crippen LogP contribution in [-0.4, -0.2) is 48.2 Å². The highest BCUT2D eigenvalue weighted by Gasteiger charge is 2.44. The summed E-state index contributed by atoms with van der Waals surface area (Å²) in [7, 11) is 1.52. The smallest absolute Gasteiger partial charge is 0.223 e. The van der Waals surface area contributed by atoms with Crippen LogP contribution in [0.3, 0.4) is 0 Å². The number of carbonyl (C=O) groups excluding carboxylic acids is 3. The van der Waals surface area contributed by atoms with Gasteiger partial charge in [0, 0.05) is 43.8 Å². The second kappa shape index (κ2) is 9.18. The molecule has 0 radical (unpaired) electrons. The summed E-state index contributed by atoms with van der Waals surface area (Å²) in [6, 6.07) is 8.87. The predicted molar refractivity (Wildman–Crippen MR) is 126 cm³/mol. The fourth-order valence-corrected chi connectivity index (χ4v) is 4.98. The number of aryl methyl sites for hydroxylation is 1. The highest BCUT2D eigenvalue weighted by molar-refractivity contribution is 6.32. The van der Waals surface area contributed by atoms with E-state index in [1.54, 1.807) is 29.2 Å². The van der Waals surface area contributed by atoms with Crippen LogP contribution in [0.2, 0.25) is 5.02 Å². The first-order chi connectivity index (χ1) is 15.7. The molecule has 1 saturated heterocycles. The van der Waals surface area contributed by atoms with E-state index in [1.165, 1.54) is 7.11 Å². The molecule has 0 unspecified atom stereocenters. The Bertz CT molecular complexity index is 1120. The van der Waals surface area contributed by atoms with Crippen LogP contribution in [0, 0.1) is 13.8 Å². The number of methoxy groups -OCH3 is 1. The van der Waals surface area contributed by atoms with Gasteiger partial charge in [-0.1, -0.05) is 23.7 Å². The maximum Gasteiger partial charge on any atom is 0.223 e. The highest BCUT2D eigenvalue weighted by Crippen LogP contribution is 2.43. The third kappa shape index (κ3) is 4.49. The zero-order chi connectivity index (χ0) is 23.8. The normalized spacial score (nSPS) is 16.8. The van der Waals surface area contributed by atoms with Crippen LogP contribution in [0.15, 0.2) is 30.3 Å². The number of rotatable bonds is 5. The van der Waals surface area contributed by atoms with Crippen molar-refractivity contribution in [2.45, 2.75) is 51.6 Å². The molecule has 0 aromatic heterocycles. The van der Waals surface area contributed by atoms with E-state index in [0.29, 0.717) is 53.6 Å². The monoisotopic (exact) mass is 469 g/mol. The first kappa shape index (κ1) is 23.3. The number of carbonyl (C=O) groups is 3. The molecule has 174 valence electrons. The Kier molecular flexibility index (Phi) is 6.48. The number of nitrogens with zero attached hydrogens (tertiary/aromatic N) is 1. The molecule has 2 aliphatic rings. The van der Waals surface area contributed by atoms with Crippen LogP contribution in [0.25, 0.3) is 0 Å². The van der Waals surface area contributed by atoms with Crippen LogP contribution in [0.1, 0.15) is 63.9 Å². The second-order valence-corrected chi connectivity index (χ2v) is 9.27. The minimum Gasteiger partial charge on any atom is -0.496 e. The Balaban J connectivity index is 1.37. The number of hydrogen-bond donors (Lipinski definition) is 0. The van der Waals surface area contributed by atoms with E-state index in [4.69, 9.17) is 21.1 Å². The number of para-hydroxylation sites is 1. The molecule has 7 heteroatoms. The number of amides is 1. The molecule has 0 atom stereocenters. The molecule has 2 aromatic carbocycles. The van der Waals surface area contributed by atoms with Gasteiger partial charge in [-0.25, -0.2) is 0 Å². The molecule has 2 aliphatic heterocycles. The van der Waals surface area contributed by atoms with Crippen molar-refractivity contribution in [3.05, 3.63) is 57.6 Å². The van der Waals surface area contributed by atoms with Crippen molar-refractivity contribution in [1.29, 1.82) is 0 Å². The Labute approximate surface area is 198 Å². The van der Waals surface area contributed by atoms with Gasteiger partial charge in [0.25, 0.3) is 0 Å². The van der Waals surface area contributed by atoms with Gasteiger partial charge in [-0.3, -0.25) is 14.4 Å². The van der Waals surface area contributed by atoms with E-state index in [9.17, 15) is 14.4 Å². The van der Waals surface area contributed by atoms with Crippen molar-refractivity contribution >= 4 is 29.1 Å². The summed E-state index contributed by atoms with van der Waals surface area (Å²) in [6.07, 6.45) is 1.71. The largest absolute Gasteiger partial charge is 0.496 e. The summed E-state index contributed by atoms with van der Waals surface area (Å²) in [5, 5.41) is 0.602. The predicted octanol–water partition coefficient (Wildman–Crippen LogP) is 4.95. The van der Waals surface area contributed by atoms with Crippen LogP contribution in [-0.2, 0) is 4.79 Å². The summed E-state index contributed by atoms with van der Waals surface area (Å²) in [5.74, 6) is 0.970. The van der Waals surface area contributed by atoms with Gasteiger partial charge in [-0.05, 0) is 43.2 Å². The standard InChI is InChI=1S/C26H28ClNO5/c1-16-14-22-24(17(2)25(16)27)20(30)15-26(33-22)10-12-28(13-11-26)23(31)9-8-19(29)18-6-4-5-7-21(18)32-3/h4-7,14H,8-13,15H2,1-3H3. The summed E-state index contributed by atoms with van der Waals surface area (Å²) >= 11 is 6.34. The van der Waals surface area contributed by atoms with Crippen molar-refractivity contribution in [3.8, 4) is 11.5 Å². The molecule has 0 saturated carbocycles. The van der Waals surface area contributed by atoms with E-state index >= 15 is 0 Å². The fraction of sp³-hybridized carbons (Fsp3) is 0.423. The lowest BCUT2D eigenvalue weighted by Gasteiger charge is -2.44. The maximum absolute atomic E-state index is 13.0. The molecule has 4 rings (SSSR count). The van der Waals surface area contributed by atoms with Crippen LogP contribution in [0.4, 0.5) is 0 Å². The molecule has 0 N–H and O–H groups in total. The van der Waals surface area contributed by atoms with Crippen molar-refractivity contribution in [2.24, 2.45) is 0 Å². The number of Topliss-reactive ketones (excluding diaryl/α,β-unsaturated/α-hetero) is 2. The first-order valence-corrected chi connectivity index (χ1v) is 11.6. The first-order valence-electron chi connectivity index (χ1n) is 11.2. The molecular weight excluding hydrogens is 442 g/mol. The molecule has 6 nitrogen and oxygen atoms in total. The average Bonchev–Trinajstić information content (AvgIpc) is 2.80. The molecule has 2 aromatic rings. The Morgan fingerprint density at radius 2 is 1.85 bits per heavy atom. The van der Waals surface area contributed by atoms with E-state index < -0.39 is 5.60 Å². The number of piperidine rings is 1. The summed E-state index contributed by atoms with van der Waals surface area (Å²) < 4.78 is 11.6. The minimum atomic E-state index is -0.596. The summed E-state index contributed by atoms with van der Waals surface area (Å²) in [5.41, 5.74) is 2.11. The molecule has 1 amide bonds. The molecule has 1 fully saturated rings. The number of halogens is 1. The van der Waals surface area contributed by atoms with E-state index in [1.807, 2.05) is 19.9 Å². The Hall–Kier alpha value is -2.86. The van der Waals surface area contributed by atoms with Crippen LogP contribution in [0.5, 0.6) is 11.5 Å². The van der Waals surface area contributed by atoms with Crippen molar-refractivity contribution in [2.75, 3.05) is 20.2 Å². The number of ether oxygens (including phenoxy) is 2. The lowest BCUT2D eigenvalue weighted by atomic mass is 9.81. The van der Waals surface area contributed by atoms with Crippen molar-refractivity contribution in [1.82, 2.24) is 4.90 Å². The third-order valence-electron chi connectivity index (χ3n) is 6.73. The van der Waals surface area contributed by atoms with Crippen LogP contribution < -0.4 is 9.47 Å². The quantitative estimate of drug-likeness (QED) is 0.579. The van der Waals surface area contributed by atoms with E-state index in [0.717, 1.165) is 11.1 Å². The van der Waals surface area contributed by atoms with Gasteiger partial charge in [-0.2, -0.15) is 0 Å². The lowest BCUT2D eigenvalue weighted by molar-refractivity contribution is -0.134.